The molecular weight excluding hydrogens is 392 g/mol. The summed E-state index contributed by atoms with van der Waals surface area (Å²) in [6, 6.07) is 12.9. The average Bonchev–Trinajstić information content (AvgIpc) is 3.37. The number of hydrogen-bond acceptors (Lipinski definition) is 5. The van der Waals surface area contributed by atoms with E-state index in [-0.39, 0.29) is 18.5 Å². The van der Waals surface area contributed by atoms with E-state index in [2.05, 4.69) is 15.3 Å². The summed E-state index contributed by atoms with van der Waals surface area (Å²) in [5, 5.41) is 3.55. The Kier molecular flexibility index (Phi) is 4.29. The van der Waals surface area contributed by atoms with Crippen LogP contribution in [-0.4, -0.2) is 27.1 Å². The standard InChI is InChI=1S/C21H15ClN4O3/c22-15-4-2-14(3-5-15)19-16-11-23-7-8-26(16)20(25-19)21(27)24-10-13-1-6-17-18(9-13)29-12-28-17/h1-9,11H,10,12H2,(H,24,27). The van der Waals surface area contributed by atoms with Crippen LogP contribution >= 0.6 is 11.6 Å². The summed E-state index contributed by atoms with van der Waals surface area (Å²) in [7, 11) is 0. The number of nitrogens with zero attached hydrogens (tertiary/aromatic N) is 3. The second-order valence-corrected chi connectivity index (χ2v) is 6.93. The third-order valence-corrected chi connectivity index (χ3v) is 4.91. The van der Waals surface area contributed by atoms with Crippen LogP contribution in [0.15, 0.2) is 61.1 Å². The third-order valence-electron chi connectivity index (χ3n) is 4.66. The van der Waals surface area contributed by atoms with Crippen LogP contribution in [0, 0.1) is 0 Å². The average molecular weight is 407 g/mol. The minimum Gasteiger partial charge on any atom is -0.454 e. The van der Waals surface area contributed by atoms with E-state index in [9.17, 15) is 4.79 Å². The molecule has 1 aliphatic heterocycles. The zero-order valence-electron chi connectivity index (χ0n) is 15.1. The Balaban J connectivity index is 1.43. The van der Waals surface area contributed by atoms with Gasteiger partial charge in [-0.2, -0.15) is 0 Å². The van der Waals surface area contributed by atoms with Crippen molar-refractivity contribution in [2.24, 2.45) is 0 Å². The lowest BCUT2D eigenvalue weighted by atomic mass is 10.1. The van der Waals surface area contributed by atoms with Crippen LogP contribution in [0.4, 0.5) is 0 Å². The summed E-state index contributed by atoms with van der Waals surface area (Å²) in [6.07, 6.45) is 5.03. The number of amides is 1. The maximum atomic E-state index is 12.9. The van der Waals surface area contributed by atoms with Crippen molar-refractivity contribution in [3.05, 3.63) is 77.5 Å². The first-order valence-electron chi connectivity index (χ1n) is 8.94. The lowest BCUT2D eigenvalue weighted by Gasteiger charge is -2.05. The normalized spacial score (nSPS) is 12.3. The van der Waals surface area contributed by atoms with Gasteiger partial charge in [0.2, 0.25) is 12.6 Å². The van der Waals surface area contributed by atoms with E-state index in [0.717, 1.165) is 16.6 Å². The first-order chi connectivity index (χ1) is 14.2. The van der Waals surface area contributed by atoms with Gasteiger partial charge in [-0.25, -0.2) is 4.98 Å². The number of fused-ring (bicyclic) bond motifs is 2. The first-order valence-corrected chi connectivity index (χ1v) is 9.31. The predicted octanol–water partition coefficient (Wildman–Crippen LogP) is 3.71. The van der Waals surface area contributed by atoms with Crippen LogP contribution in [0.1, 0.15) is 16.2 Å². The highest BCUT2D eigenvalue weighted by molar-refractivity contribution is 6.30. The van der Waals surface area contributed by atoms with Crippen molar-refractivity contribution in [3.63, 3.8) is 0 Å². The largest absolute Gasteiger partial charge is 0.454 e. The van der Waals surface area contributed by atoms with Crippen molar-refractivity contribution in [1.82, 2.24) is 19.7 Å². The molecule has 29 heavy (non-hydrogen) atoms. The van der Waals surface area contributed by atoms with E-state index in [1.807, 2.05) is 30.3 Å². The third kappa shape index (κ3) is 3.25. The Bertz CT molecular complexity index is 1220. The zero-order valence-corrected chi connectivity index (χ0v) is 15.9. The fourth-order valence-electron chi connectivity index (χ4n) is 3.23. The quantitative estimate of drug-likeness (QED) is 0.559. The molecule has 2 aromatic carbocycles. The number of hydrogen-bond donors (Lipinski definition) is 1. The molecule has 8 heteroatoms. The van der Waals surface area contributed by atoms with Gasteiger partial charge in [-0.1, -0.05) is 29.8 Å². The number of nitrogens with one attached hydrogen (secondary N) is 1. The van der Waals surface area contributed by atoms with Crippen LogP contribution in [0.5, 0.6) is 11.5 Å². The Labute approximate surface area is 170 Å². The summed E-state index contributed by atoms with van der Waals surface area (Å²) >= 11 is 5.99. The molecule has 0 radical (unpaired) electrons. The van der Waals surface area contributed by atoms with Crippen LogP contribution in [0.2, 0.25) is 5.02 Å². The van der Waals surface area contributed by atoms with Crippen LogP contribution in [0.25, 0.3) is 16.8 Å². The number of carbonyl (C=O) groups is 1. The van der Waals surface area contributed by atoms with Crippen molar-refractivity contribution in [2.75, 3.05) is 6.79 Å². The van der Waals surface area contributed by atoms with E-state index in [1.54, 1.807) is 35.1 Å². The Morgan fingerprint density at radius 3 is 2.83 bits per heavy atom. The summed E-state index contributed by atoms with van der Waals surface area (Å²) < 4.78 is 12.4. The van der Waals surface area contributed by atoms with Crippen LogP contribution < -0.4 is 14.8 Å². The molecule has 2 aromatic heterocycles. The van der Waals surface area contributed by atoms with Gasteiger partial charge in [-0.3, -0.25) is 14.2 Å². The first kappa shape index (κ1) is 17.5. The van der Waals surface area contributed by atoms with Gasteiger partial charge in [-0.15, -0.1) is 0 Å². The highest BCUT2D eigenvalue weighted by Crippen LogP contribution is 2.32. The monoisotopic (exact) mass is 406 g/mol. The summed E-state index contributed by atoms with van der Waals surface area (Å²) in [4.78, 5) is 21.6. The molecule has 0 saturated carbocycles. The molecular formula is C21H15ClN4O3. The minimum atomic E-state index is -0.288. The van der Waals surface area contributed by atoms with Crippen molar-refractivity contribution in [2.45, 2.75) is 6.54 Å². The molecule has 0 saturated heterocycles. The number of rotatable bonds is 4. The zero-order chi connectivity index (χ0) is 19.8. The van der Waals surface area contributed by atoms with Gasteiger partial charge >= 0.3 is 0 Å². The molecule has 0 unspecified atom stereocenters. The molecule has 144 valence electrons. The van der Waals surface area contributed by atoms with Crippen LogP contribution in [-0.2, 0) is 6.54 Å². The molecule has 0 bridgehead atoms. The Morgan fingerprint density at radius 2 is 1.97 bits per heavy atom. The Hall–Kier alpha value is -3.58. The van der Waals surface area contributed by atoms with Gasteiger partial charge < -0.3 is 14.8 Å². The molecule has 3 heterocycles. The molecule has 0 fully saturated rings. The predicted molar refractivity (Wildman–Crippen MR) is 107 cm³/mol. The molecule has 7 nitrogen and oxygen atoms in total. The van der Waals surface area contributed by atoms with Gasteiger partial charge in [0.1, 0.15) is 0 Å². The molecule has 0 spiro atoms. The van der Waals surface area contributed by atoms with E-state index >= 15 is 0 Å². The van der Waals surface area contributed by atoms with Gasteiger partial charge in [0.05, 0.1) is 17.4 Å². The second kappa shape index (κ2) is 7.10. The number of benzene rings is 2. The molecule has 1 aliphatic rings. The molecule has 5 rings (SSSR count). The highest BCUT2D eigenvalue weighted by Gasteiger charge is 2.19. The summed E-state index contributed by atoms with van der Waals surface area (Å²) in [5.41, 5.74) is 3.17. The molecule has 0 aliphatic carbocycles. The number of halogens is 1. The molecule has 0 atom stereocenters. The van der Waals surface area contributed by atoms with Crippen LogP contribution in [0.3, 0.4) is 0 Å². The number of ether oxygens (including phenoxy) is 2. The molecule has 1 N–H and O–H groups in total. The van der Waals surface area contributed by atoms with Crippen molar-refractivity contribution in [3.8, 4) is 22.8 Å². The number of imidazole rings is 1. The fourth-order valence-corrected chi connectivity index (χ4v) is 3.36. The van der Waals surface area contributed by atoms with E-state index in [1.165, 1.54) is 0 Å². The lowest BCUT2D eigenvalue weighted by molar-refractivity contribution is 0.0940. The van der Waals surface area contributed by atoms with Gasteiger partial charge in [0.25, 0.3) is 5.91 Å². The lowest BCUT2D eigenvalue weighted by Crippen LogP contribution is -2.25. The number of carbonyl (C=O) groups excluding carboxylic acids is 1. The SMILES string of the molecule is O=C(NCc1ccc2c(c1)OCO2)c1nc(-c2ccc(Cl)cc2)c2cnccn12. The van der Waals surface area contributed by atoms with Crippen molar-refractivity contribution in [1.29, 1.82) is 0 Å². The van der Waals surface area contributed by atoms with E-state index in [4.69, 9.17) is 21.1 Å². The Morgan fingerprint density at radius 1 is 1.14 bits per heavy atom. The second-order valence-electron chi connectivity index (χ2n) is 6.49. The van der Waals surface area contributed by atoms with E-state index < -0.39 is 0 Å². The van der Waals surface area contributed by atoms with Crippen molar-refractivity contribution >= 4 is 23.0 Å². The topological polar surface area (TPSA) is 77.8 Å². The highest BCUT2D eigenvalue weighted by atomic mass is 35.5. The smallest absolute Gasteiger partial charge is 0.287 e. The summed E-state index contributed by atoms with van der Waals surface area (Å²) in [6.45, 7) is 0.554. The van der Waals surface area contributed by atoms with Gasteiger partial charge in [0, 0.05) is 29.5 Å². The van der Waals surface area contributed by atoms with Gasteiger partial charge in [0.15, 0.2) is 11.5 Å². The van der Waals surface area contributed by atoms with Crippen molar-refractivity contribution < 1.29 is 14.3 Å². The van der Waals surface area contributed by atoms with Gasteiger partial charge in [-0.05, 0) is 29.8 Å². The van der Waals surface area contributed by atoms with E-state index in [0.29, 0.717) is 28.8 Å². The minimum absolute atomic E-state index is 0.215. The number of aromatic nitrogens is 3. The maximum absolute atomic E-state index is 12.9. The summed E-state index contributed by atoms with van der Waals surface area (Å²) in [5.74, 6) is 1.38. The molecule has 4 aromatic rings. The fraction of sp³-hybridized carbons (Fsp3) is 0.0952. The molecule has 1 amide bonds. The maximum Gasteiger partial charge on any atom is 0.287 e.